The summed E-state index contributed by atoms with van der Waals surface area (Å²) in [5.74, 6) is 0.0913. The highest BCUT2D eigenvalue weighted by Gasteiger charge is 2.30. The molecule has 5 nitrogen and oxygen atoms in total. The molecule has 1 saturated heterocycles. The van der Waals surface area contributed by atoms with E-state index in [9.17, 15) is 13.5 Å². The molecule has 0 unspecified atom stereocenters. The number of sulfone groups is 1. The van der Waals surface area contributed by atoms with Gasteiger partial charge in [-0.05, 0) is 29.8 Å². The van der Waals surface area contributed by atoms with Crippen LogP contribution in [0.3, 0.4) is 0 Å². The van der Waals surface area contributed by atoms with Gasteiger partial charge in [0.05, 0.1) is 9.80 Å². The van der Waals surface area contributed by atoms with Crippen LogP contribution in [0, 0.1) is 0 Å². The quantitative estimate of drug-likeness (QED) is 0.822. The molecule has 1 aromatic rings. The Kier molecular flexibility index (Phi) is 3.08. The van der Waals surface area contributed by atoms with Gasteiger partial charge in [-0.15, -0.1) is 0 Å². The number of benzene rings is 1. The first-order chi connectivity index (χ1) is 9.07. The van der Waals surface area contributed by atoms with E-state index in [0.717, 1.165) is 26.2 Å². The van der Waals surface area contributed by atoms with Crippen molar-refractivity contribution in [2.24, 2.45) is 0 Å². The second-order valence-corrected chi connectivity index (χ2v) is 6.83. The third-order valence-corrected chi connectivity index (χ3v) is 5.42. The number of phenols is 1. The summed E-state index contributed by atoms with van der Waals surface area (Å²) in [6, 6.07) is 4.39. The summed E-state index contributed by atoms with van der Waals surface area (Å²) in [5.41, 5.74) is 0.588. The minimum atomic E-state index is -3.37. The molecule has 2 heterocycles. The number of hydrogen-bond acceptors (Lipinski definition) is 5. The van der Waals surface area contributed by atoms with Crippen LogP contribution in [0.25, 0.3) is 6.08 Å². The van der Waals surface area contributed by atoms with E-state index < -0.39 is 9.84 Å². The number of phenolic OH excluding ortho intramolecular Hbond substituents is 1. The maximum absolute atomic E-state index is 12.4. The molecule has 2 aliphatic heterocycles. The lowest BCUT2D eigenvalue weighted by Gasteiger charge is -2.27. The van der Waals surface area contributed by atoms with Gasteiger partial charge >= 0.3 is 0 Å². The molecule has 2 aliphatic rings. The van der Waals surface area contributed by atoms with Crippen molar-refractivity contribution < 1.29 is 13.5 Å². The standard InChI is InChI=1S/C13H16N2O3S/c16-11-1-2-13-10(7-11)8-12(19(13,17)18)9-15-5-3-14-4-6-15/h1-2,7-8,14,16H,3-6,9H2. The van der Waals surface area contributed by atoms with Gasteiger partial charge in [0.2, 0.25) is 9.84 Å². The van der Waals surface area contributed by atoms with Gasteiger partial charge in [0.1, 0.15) is 5.75 Å². The Morgan fingerprint density at radius 2 is 2.00 bits per heavy atom. The molecule has 0 aliphatic carbocycles. The number of rotatable bonds is 2. The largest absolute Gasteiger partial charge is 0.508 e. The molecule has 1 aromatic carbocycles. The SMILES string of the molecule is O=S1(=O)C(CN2CCNCC2)=Cc2cc(O)ccc21. The third-order valence-electron chi connectivity index (χ3n) is 3.53. The van der Waals surface area contributed by atoms with Crippen molar-refractivity contribution in [3.05, 3.63) is 28.7 Å². The van der Waals surface area contributed by atoms with Gasteiger partial charge in [-0.1, -0.05) is 0 Å². The van der Waals surface area contributed by atoms with Crippen LogP contribution in [-0.4, -0.2) is 51.1 Å². The van der Waals surface area contributed by atoms with E-state index in [1.54, 1.807) is 6.08 Å². The summed E-state index contributed by atoms with van der Waals surface area (Å²) in [5, 5.41) is 12.7. The van der Waals surface area contributed by atoms with Crippen LogP contribution in [-0.2, 0) is 9.84 Å². The van der Waals surface area contributed by atoms with E-state index in [1.165, 1.54) is 18.2 Å². The fourth-order valence-corrected chi connectivity index (χ4v) is 4.10. The van der Waals surface area contributed by atoms with E-state index in [0.29, 0.717) is 21.9 Å². The molecule has 2 N–H and O–H groups in total. The summed E-state index contributed by atoms with van der Waals surface area (Å²) in [6.07, 6.45) is 1.67. The van der Waals surface area contributed by atoms with Crippen LogP contribution >= 0.6 is 0 Å². The van der Waals surface area contributed by atoms with Gasteiger partial charge in [-0.25, -0.2) is 8.42 Å². The molecular formula is C13H16N2O3S. The zero-order valence-electron chi connectivity index (χ0n) is 10.5. The summed E-state index contributed by atoms with van der Waals surface area (Å²) in [6.45, 7) is 3.94. The first-order valence-electron chi connectivity index (χ1n) is 6.29. The van der Waals surface area contributed by atoms with Crippen molar-refractivity contribution in [2.75, 3.05) is 32.7 Å². The molecule has 0 radical (unpaired) electrons. The van der Waals surface area contributed by atoms with Gasteiger partial charge in [0, 0.05) is 32.7 Å². The highest BCUT2D eigenvalue weighted by molar-refractivity contribution is 7.95. The predicted molar refractivity (Wildman–Crippen MR) is 72.6 cm³/mol. The highest BCUT2D eigenvalue weighted by atomic mass is 32.2. The van der Waals surface area contributed by atoms with Gasteiger partial charge in [0.15, 0.2) is 0 Å². The highest BCUT2D eigenvalue weighted by Crippen LogP contribution is 2.34. The molecule has 6 heteroatoms. The maximum Gasteiger partial charge on any atom is 0.204 e. The zero-order chi connectivity index (χ0) is 13.5. The molecule has 0 atom stereocenters. The van der Waals surface area contributed by atoms with E-state index in [4.69, 9.17) is 0 Å². The Balaban J connectivity index is 1.89. The van der Waals surface area contributed by atoms with Crippen LogP contribution in [0.5, 0.6) is 5.75 Å². The number of nitrogens with one attached hydrogen (secondary N) is 1. The Labute approximate surface area is 112 Å². The predicted octanol–water partition coefficient (Wildman–Crippen LogP) is 0.426. The average molecular weight is 280 g/mol. The lowest BCUT2D eigenvalue weighted by Crippen LogP contribution is -2.44. The minimum Gasteiger partial charge on any atom is -0.508 e. The lowest BCUT2D eigenvalue weighted by atomic mass is 10.2. The fourth-order valence-electron chi connectivity index (χ4n) is 2.51. The van der Waals surface area contributed by atoms with Crippen molar-refractivity contribution in [1.82, 2.24) is 10.2 Å². The molecule has 19 heavy (non-hydrogen) atoms. The zero-order valence-corrected chi connectivity index (χ0v) is 11.3. The van der Waals surface area contributed by atoms with Gasteiger partial charge in [-0.3, -0.25) is 4.90 Å². The average Bonchev–Trinajstić information content (AvgIpc) is 2.62. The molecule has 0 aromatic heterocycles. The summed E-state index contributed by atoms with van der Waals surface area (Å²) >= 11 is 0. The van der Waals surface area contributed by atoms with Crippen molar-refractivity contribution in [1.29, 1.82) is 0 Å². The van der Waals surface area contributed by atoms with Gasteiger partial charge < -0.3 is 10.4 Å². The molecule has 0 amide bonds. The normalized spacial score (nSPS) is 22.0. The monoisotopic (exact) mass is 280 g/mol. The minimum absolute atomic E-state index is 0.0913. The van der Waals surface area contributed by atoms with E-state index in [-0.39, 0.29) is 5.75 Å². The number of nitrogens with zero attached hydrogens (tertiary/aromatic N) is 1. The molecule has 0 bridgehead atoms. The Morgan fingerprint density at radius 1 is 1.26 bits per heavy atom. The summed E-state index contributed by atoms with van der Waals surface area (Å²) in [4.78, 5) is 2.86. The lowest BCUT2D eigenvalue weighted by molar-refractivity contribution is 0.263. The second kappa shape index (κ2) is 4.63. The van der Waals surface area contributed by atoms with Crippen LogP contribution in [0.2, 0.25) is 0 Å². The van der Waals surface area contributed by atoms with Crippen molar-refractivity contribution in [2.45, 2.75) is 4.90 Å². The number of piperazine rings is 1. The first kappa shape index (κ1) is 12.7. The number of fused-ring (bicyclic) bond motifs is 1. The number of aromatic hydroxyl groups is 1. The second-order valence-electron chi connectivity index (χ2n) is 4.86. The van der Waals surface area contributed by atoms with Gasteiger partial charge in [0.25, 0.3) is 0 Å². The van der Waals surface area contributed by atoms with E-state index >= 15 is 0 Å². The van der Waals surface area contributed by atoms with Crippen LogP contribution in [0.4, 0.5) is 0 Å². The molecule has 0 saturated carbocycles. The topological polar surface area (TPSA) is 69.6 Å². The summed E-state index contributed by atoms with van der Waals surface area (Å²) < 4.78 is 24.8. The molecule has 1 fully saturated rings. The molecule has 102 valence electrons. The maximum atomic E-state index is 12.4. The fraction of sp³-hybridized carbons (Fsp3) is 0.385. The first-order valence-corrected chi connectivity index (χ1v) is 7.77. The summed E-state index contributed by atoms with van der Waals surface area (Å²) in [7, 11) is -3.37. The van der Waals surface area contributed by atoms with Crippen LogP contribution < -0.4 is 5.32 Å². The van der Waals surface area contributed by atoms with E-state index in [1.807, 2.05) is 0 Å². The Hall–Kier alpha value is -1.37. The molecular weight excluding hydrogens is 264 g/mol. The molecule has 0 spiro atoms. The third kappa shape index (κ3) is 2.27. The smallest absolute Gasteiger partial charge is 0.204 e. The Bertz CT molecular complexity index is 631. The van der Waals surface area contributed by atoms with Crippen LogP contribution in [0.1, 0.15) is 5.56 Å². The van der Waals surface area contributed by atoms with Crippen molar-refractivity contribution in [3.8, 4) is 5.75 Å². The Morgan fingerprint density at radius 3 is 2.74 bits per heavy atom. The van der Waals surface area contributed by atoms with E-state index in [2.05, 4.69) is 10.2 Å². The number of hydrogen-bond donors (Lipinski definition) is 2. The van der Waals surface area contributed by atoms with Crippen LogP contribution in [0.15, 0.2) is 28.0 Å². The van der Waals surface area contributed by atoms with Crippen molar-refractivity contribution in [3.63, 3.8) is 0 Å². The van der Waals surface area contributed by atoms with Crippen molar-refractivity contribution >= 4 is 15.9 Å². The van der Waals surface area contributed by atoms with Gasteiger partial charge in [-0.2, -0.15) is 0 Å². The molecule has 3 rings (SSSR count).